The Hall–Kier alpha value is -3.12. The van der Waals surface area contributed by atoms with Gasteiger partial charge in [0.15, 0.2) is 11.5 Å². The standard InChI is InChI=1S/C16H15N3O6/c17-7-11(16(20)18-8-12-2-1-3-23-12)4-10-5-14-15(25-9-24-14)6-13(10)19(21)22/h4-6,12H,1-3,8-9H2,(H,18,20)/b11-4+/t12-/m1/s1. The smallest absolute Gasteiger partial charge is 0.280 e. The summed E-state index contributed by atoms with van der Waals surface area (Å²) in [6.45, 7) is 0.915. The molecule has 0 aromatic heterocycles. The summed E-state index contributed by atoms with van der Waals surface area (Å²) in [7, 11) is 0. The van der Waals surface area contributed by atoms with Crippen LogP contribution in [-0.4, -0.2) is 36.9 Å². The third kappa shape index (κ3) is 3.70. The van der Waals surface area contributed by atoms with Gasteiger partial charge in [-0.05, 0) is 25.0 Å². The summed E-state index contributed by atoms with van der Waals surface area (Å²) in [5.41, 5.74) is -0.415. The second kappa shape index (κ2) is 7.19. The summed E-state index contributed by atoms with van der Waals surface area (Å²) >= 11 is 0. The first-order valence-corrected chi connectivity index (χ1v) is 7.68. The van der Waals surface area contributed by atoms with E-state index in [0.717, 1.165) is 12.8 Å². The number of nitrogens with zero attached hydrogens (tertiary/aromatic N) is 2. The van der Waals surface area contributed by atoms with Crippen molar-refractivity contribution in [2.24, 2.45) is 0 Å². The van der Waals surface area contributed by atoms with Gasteiger partial charge in [-0.3, -0.25) is 14.9 Å². The number of amides is 1. The fourth-order valence-electron chi connectivity index (χ4n) is 2.63. The van der Waals surface area contributed by atoms with Gasteiger partial charge in [0.25, 0.3) is 11.6 Å². The summed E-state index contributed by atoms with van der Waals surface area (Å²) in [6.07, 6.45) is 2.89. The molecule has 9 nitrogen and oxygen atoms in total. The van der Waals surface area contributed by atoms with Gasteiger partial charge in [-0.2, -0.15) is 5.26 Å². The molecule has 1 saturated heterocycles. The molecule has 0 saturated carbocycles. The highest BCUT2D eigenvalue weighted by molar-refractivity contribution is 6.02. The molecule has 0 aliphatic carbocycles. The lowest BCUT2D eigenvalue weighted by atomic mass is 10.1. The van der Waals surface area contributed by atoms with Crippen molar-refractivity contribution in [2.75, 3.05) is 19.9 Å². The zero-order valence-electron chi connectivity index (χ0n) is 13.2. The molecule has 0 radical (unpaired) electrons. The maximum Gasteiger partial charge on any atom is 0.280 e. The number of carbonyl (C=O) groups excluding carboxylic acids is 1. The number of hydrogen-bond donors (Lipinski definition) is 1. The minimum absolute atomic E-state index is 0.0351. The Morgan fingerprint density at radius 1 is 1.44 bits per heavy atom. The van der Waals surface area contributed by atoms with E-state index in [1.165, 1.54) is 18.2 Å². The molecule has 9 heteroatoms. The van der Waals surface area contributed by atoms with Crippen LogP contribution in [0.25, 0.3) is 6.08 Å². The van der Waals surface area contributed by atoms with Crippen LogP contribution in [-0.2, 0) is 9.53 Å². The molecule has 1 fully saturated rings. The van der Waals surface area contributed by atoms with Gasteiger partial charge >= 0.3 is 0 Å². The van der Waals surface area contributed by atoms with E-state index in [1.54, 1.807) is 6.07 Å². The number of nitro benzene ring substituents is 1. The molecule has 1 atom stereocenters. The molecule has 1 aromatic rings. The van der Waals surface area contributed by atoms with E-state index in [-0.39, 0.29) is 35.5 Å². The third-order valence-electron chi connectivity index (χ3n) is 3.90. The van der Waals surface area contributed by atoms with Crippen molar-refractivity contribution in [2.45, 2.75) is 18.9 Å². The van der Waals surface area contributed by atoms with Crippen LogP contribution in [0.1, 0.15) is 18.4 Å². The maximum absolute atomic E-state index is 12.2. The molecular formula is C16H15N3O6. The number of nitrogens with one attached hydrogen (secondary N) is 1. The average molecular weight is 345 g/mol. The molecule has 1 aromatic carbocycles. The molecule has 0 unspecified atom stereocenters. The third-order valence-corrected chi connectivity index (χ3v) is 3.90. The SMILES string of the molecule is N#C/C(=C\c1cc2c(cc1[N+](=O)[O-])OCO2)C(=O)NC[C@H]1CCCO1. The van der Waals surface area contributed by atoms with E-state index in [9.17, 15) is 20.2 Å². The monoisotopic (exact) mass is 345 g/mol. The van der Waals surface area contributed by atoms with Crippen molar-refractivity contribution >= 4 is 17.7 Å². The zero-order chi connectivity index (χ0) is 17.8. The molecule has 130 valence electrons. The summed E-state index contributed by atoms with van der Waals surface area (Å²) in [6, 6.07) is 4.37. The molecule has 25 heavy (non-hydrogen) atoms. The topological polar surface area (TPSA) is 124 Å². The molecule has 2 aliphatic heterocycles. The Balaban J connectivity index is 1.82. The molecule has 0 bridgehead atoms. The Morgan fingerprint density at radius 3 is 2.84 bits per heavy atom. The Labute approximate surface area is 142 Å². The van der Waals surface area contributed by atoms with Crippen molar-refractivity contribution in [3.8, 4) is 17.6 Å². The van der Waals surface area contributed by atoms with E-state index in [2.05, 4.69) is 5.32 Å². The first-order chi connectivity index (χ1) is 12.1. The quantitative estimate of drug-likeness (QED) is 0.371. The second-order valence-electron chi connectivity index (χ2n) is 5.54. The van der Waals surface area contributed by atoms with Crippen LogP contribution >= 0.6 is 0 Å². The molecule has 1 amide bonds. The molecule has 2 heterocycles. The van der Waals surface area contributed by atoms with Crippen molar-refractivity contribution in [3.63, 3.8) is 0 Å². The fraction of sp³-hybridized carbons (Fsp3) is 0.375. The molecule has 0 spiro atoms. The molecular weight excluding hydrogens is 330 g/mol. The van der Waals surface area contributed by atoms with E-state index < -0.39 is 10.8 Å². The summed E-state index contributed by atoms with van der Waals surface area (Å²) in [5.74, 6) is -0.0240. The zero-order valence-corrected chi connectivity index (χ0v) is 13.2. The second-order valence-corrected chi connectivity index (χ2v) is 5.54. The van der Waals surface area contributed by atoms with Gasteiger partial charge in [0.1, 0.15) is 11.6 Å². The maximum atomic E-state index is 12.2. The van der Waals surface area contributed by atoms with Crippen LogP contribution in [0.3, 0.4) is 0 Å². The van der Waals surface area contributed by atoms with Gasteiger partial charge in [0.2, 0.25) is 6.79 Å². The largest absolute Gasteiger partial charge is 0.454 e. The van der Waals surface area contributed by atoms with Gasteiger partial charge in [-0.15, -0.1) is 0 Å². The Kier molecular flexibility index (Phi) is 4.81. The number of hydrogen-bond acceptors (Lipinski definition) is 7. The van der Waals surface area contributed by atoms with Crippen molar-refractivity contribution < 1.29 is 23.9 Å². The lowest BCUT2D eigenvalue weighted by Gasteiger charge is -2.10. The van der Waals surface area contributed by atoms with E-state index in [1.807, 2.05) is 0 Å². The van der Waals surface area contributed by atoms with Crippen LogP contribution in [0.4, 0.5) is 5.69 Å². The predicted octanol–water partition coefficient (Wildman–Crippen LogP) is 1.53. The number of rotatable bonds is 5. The minimum Gasteiger partial charge on any atom is -0.454 e. The van der Waals surface area contributed by atoms with Crippen molar-refractivity contribution in [1.29, 1.82) is 5.26 Å². The van der Waals surface area contributed by atoms with Crippen LogP contribution in [0.2, 0.25) is 0 Å². The van der Waals surface area contributed by atoms with Crippen molar-refractivity contribution in [1.82, 2.24) is 5.32 Å². The van der Waals surface area contributed by atoms with Crippen LogP contribution in [0.15, 0.2) is 17.7 Å². The average Bonchev–Trinajstić information content (AvgIpc) is 3.27. The lowest BCUT2D eigenvalue weighted by molar-refractivity contribution is -0.385. The normalized spacial score (nSPS) is 18.7. The van der Waals surface area contributed by atoms with Gasteiger partial charge in [-0.1, -0.05) is 0 Å². The van der Waals surface area contributed by atoms with Crippen LogP contribution in [0.5, 0.6) is 11.5 Å². The van der Waals surface area contributed by atoms with Crippen molar-refractivity contribution in [3.05, 3.63) is 33.4 Å². The summed E-state index contributed by atoms with van der Waals surface area (Å²) in [5, 5.41) is 23.1. The fourth-order valence-corrected chi connectivity index (χ4v) is 2.63. The van der Waals surface area contributed by atoms with Gasteiger partial charge in [0, 0.05) is 13.2 Å². The summed E-state index contributed by atoms with van der Waals surface area (Å²) < 4.78 is 15.7. The lowest BCUT2D eigenvalue weighted by Crippen LogP contribution is -2.32. The van der Waals surface area contributed by atoms with E-state index in [0.29, 0.717) is 18.9 Å². The van der Waals surface area contributed by atoms with E-state index >= 15 is 0 Å². The first kappa shape index (κ1) is 16.7. The Morgan fingerprint density at radius 2 is 2.20 bits per heavy atom. The first-order valence-electron chi connectivity index (χ1n) is 7.68. The Bertz CT molecular complexity index is 777. The number of nitro groups is 1. The number of carbonyl (C=O) groups is 1. The minimum atomic E-state index is -0.607. The summed E-state index contributed by atoms with van der Waals surface area (Å²) in [4.78, 5) is 22.8. The van der Waals surface area contributed by atoms with Gasteiger partial charge in [-0.25, -0.2) is 0 Å². The number of nitriles is 1. The predicted molar refractivity (Wildman–Crippen MR) is 84.8 cm³/mol. The molecule has 2 aliphatic rings. The number of benzene rings is 1. The van der Waals surface area contributed by atoms with Crippen LogP contribution < -0.4 is 14.8 Å². The number of ether oxygens (including phenoxy) is 3. The van der Waals surface area contributed by atoms with Gasteiger partial charge in [0.05, 0.1) is 22.7 Å². The highest BCUT2D eigenvalue weighted by Crippen LogP contribution is 2.38. The van der Waals surface area contributed by atoms with Gasteiger partial charge < -0.3 is 19.5 Å². The number of fused-ring (bicyclic) bond motifs is 1. The highest BCUT2D eigenvalue weighted by atomic mass is 16.7. The molecule has 1 N–H and O–H groups in total. The van der Waals surface area contributed by atoms with E-state index in [4.69, 9.17) is 14.2 Å². The highest BCUT2D eigenvalue weighted by Gasteiger charge is 2.24. The van der Waals surface area contributed by atoms with Crippen LogP contribution in [0, 0.1) is 21.4 Å². The molecule has 3 rings (SSSR count).